The fourth-order valence-corrected chi connectivity index (χ4v) is 3.20. The Hall–Kier alpha value is -4.06. The number of imide groups is 1. The molecule has 1 aliphatic heterocycles. The second-order valence-electron chi connectivity index (χ2n) is 6.91. The molecule has 156 valence electrons. The van der Waals surface area contributed by atoms with Crippen LogP contribution in [0.5, 0.6) is 11.5 Å². The lowest BCUT2D eigenvalue weighted by Crippen LogP contribution is -2.30. The number of hydrogen-bond donors (Lipinski definition) is 1. The van der Waals surface area contributed by atoms with Crippen LogP contribution in [0.15, 0.2) is 90.6 Å². The molecule has 0 unspecified atom stereocenters. The molecule has 0 atom stereocenters. The van der Waals surface area contributed by atoms with Crippen LogP contribution in [0.25, 0.3) is 6.08 Å². The minimum atomic E-state index is -0.435. The lowest BCUT2D eigenvalue weighted by molar-refractivity contribution is -0.123. The molecule has 1 fully saturated rings. The predicted molar refractivity (Wildman–Crippen MR) is 117 cm³/mol. The SMILES string of the molecule is O=C1N/C(=C/c2ccccc2OCCOc2ccccc2)C(=O)N1Cc1ccccc1. The van der Waals surface area contributed by atoms with Crippen molar-refractivity contribution >= 4 is 18.0 Å². The van der Waals surface area contributed by atoms with Crippen molar-refractivity contribution in [1.29, 1.82) is 0 Å². The first-order valence-corrected chi connectivity index (χ1v) is 9.99. The Morgan fingerprint density at radius 3 is 2.19 bits per heavy atom. The third-order valence-corrected chi connectivity index (χ3v) is 4.72. The molecular formula is C25H22N2O4. The van der Waals surface area contributed by atoms with E-state index in [1.165, 1.54) is 4.90 Å². The number of para-hydroxylation sites is 2. The zero-order valence-electron chi connectivity index (χ0n) is 16.9. The van der Waals surface area contributed by atoms with Crippen LogP contribution in [0, 0.1) is 0 Å². The molecule has 0 bridgehead atoms. The van der Waals surface area contributed by atoms with E-state index in [1.807, 2.05) is 84.9 Å². The summed E-state index contributed by atoms with van der Waals surface area (Å²) in [6.45, 7) is 0.947. The van der Waals surface area contributed by atoms with Crippen LogP contribution < -0.4 is 14.8 Å². The first-order valence-electron chi connectivity index (χ1n) is 9.99. The lowest BCUT2D eigenvalue weighted by Gasteiger charge is -2.12. The molecule has 3 aromatic carbocycles. The van der Waals surface area contributed by atoms with E-state index in [4.69, 9.17) is 9.47 Å². The fourth-order valence-electron chi connectivity index (χ4n) is 3.20. The Morgan fingerprint density at radius 1 is 0.774 bits per heavy atom. The molecule has 3 amide bonds. The number of urea groups is 1. The Morgan fingerprint density at radius 2 is 1.42 bits per heavy atom. The van der Waals surface area contributed by atoms with Gasteiger partial charge in [0.1, 0.15) is 30.4 Å². The summed E-state index contributed by atoms with van der Waals surface area (Å²) >= 11 is 0. The molecule has 31 heavy (non-hydrogen) atoms. The summed E-state index contributed by atoms with van der Waals surface area (Å²) in [7, 11) is 0. The number of carbonyl (C=O) groups excluding carboxylic acids is 2. The van der Waals surface area contributed by atoms with Crippen molar-refractivity contribution in [2.75, 3.05) is 13.2 Å². The van der Waals surface area contributed by atoms with Crippen molar-refractivity contribution in [3.63, 3.8) is 0 Å². The summed E-state index contributed by atoms with van der Waals surface area (Å²) < 4.78 is 11.5. The molecule has 3 aromatic rings. The van der Waals surface area contributed by atoms with Crippen LogP contribution in [0.1, 0.15) is 11.1 Å². The van der Waals surface area contributed by atoms with Gasteiger partial charge in [-0.25, -0.2) is 4.79 Å². The van der Waals surface area contributed by atoms with Gasteiger partial charge in [0.05, 0.1) is 6.54 Å². The largest absolute Gasteiger partial charge is 0.490 e. The van der Waals surface area contributed by atoms with Crippen LogP contribution in [-0.4, -0.2) is 30.1 Å². The van der Waals surface area contributed by atoms with E-state index in [0.29, 0.717) is 24.5 Å². The monoisotopic (exact) mass is 414 g/mol. The average molecular weight is 414 g/mol. The van der Waals surface area contributed by atoms with Crippen LogP contribution in [-0.2, 0) is 11.3 Å². The fraction of sp³-hybridized carbons (Fsp3) is 0.120. The van der Waals surface area contributed by atoms with Crippen molar-refractivity contribution < 1.29 is 19.1 Å². The molecular weight excluding hydrogens is 392 g/mol. The summed E-state index contributed by atoms with van der Waals surface area (Å²) in [5.41, 5.74) is 1.80. The van der Waals surface area contributed by atoms with Crippen LogP contribution in [0.2, 0.25) is 0 Å². The zero-order chi connectivity index (χ0) is 21.5. The number of rotatable bonds is 8. The quantitative estimate of drug-likeness (QED) is 0.340. The van der Waals surface area contributed by atoms with Gasteiger partial charge in [0, 0.05) is 5.56 Å². The minimum absolute atomic E-state index is 0.220. The predicted octanol–water partition coefficient (Wildman–Crippen LogP) is 4.24. The van der Waals surface area contributed by atoms with Crippen LogP contribution in [0.4, 0.5) is 4.79 Å². The third-order valence-electron chi connectivity index (χ3n) is 4.72. The highest BCUT2D eigenvalue weighted by molar-refractivity contribution is 6.14. The first-order chi connectivity index (χ1) is 15.2. The molecule has 1 heterocycles. The Kier molecular flexibility index (Phi) is 6.28. The highest BCUT2D eigenvalue weighted by atomic mass is 16.5. The Bertz CT molecular complexity index is 1080. The number of benzene rings is 3. The van der Waals surface area contributed by atoms with Crippen LogP contribution in [0.3, 0.4) is 0 Å². The van der Waals surface area contributed by atoms with Gasteiger partial charge in [0.2, 0.25) is 0 Å². The number of amides is 3. The summed E-state index contributed by atoms with van der Waals surface area (Å²) in [6, 6.07) is 25.8. The van der Waals surface area contributed by atoms with Crippen molar-refractivity contribution in [2.45, 2.75) is 6.54 Å². The minimum Gasteiger partial charge on any atom is -0.490 e. The van der Waals surface area contributed by atoms with Gasteiger partial charge in [0.15, 0.2) is 0 Å². The first kappa shape index (κ1) is 20.2. The summed E-state index contributed by atoms with van der Waals surface area (Å²) in [5, 5.41) is 2.66. The van der Waals surface area contributed by atoms with E-state index in [0.717, 1.165) is 11.3 Å². The topological polar surface area (TPSA) is 67.9 Å². The number of carbonyl (C=O) groups is 2. The van der Waals surface area contributed by atoms with Gasteiger partial charge in [0.25, 0.3) is 5.91 Å². The normalized spacial score (nSPS) is 14.6. The molecule has 0 spiro atoms. The molecule has 1 aliphatic rings. The number of ether oxygens (including phenoxy) is 2. The molecule has 4 rings (SSSR count). The van der Waals surface area contributed by atoms with E-state index < -0.39 is 6.03 Å². The second kappa shape index (κ2) is 9.63. The zero-order valence-corrected chi connectivity index (χ0v) is 16.9. The maximum absolute atomic E-state index is 12.8. The van der Waals surface area contributed by atoms with Crippen LogP contribution >= 0.6 is 0 Å². The van der Waals surface area contributed by atoms with Crippen molar-refractivity contribution in [3.05, 3.63) is 102 Å². The molecule has 0 aromatic heterocycles. The molecule has 6 nitrogen and oxygen atoms in total. The van der Waals surface area contributed by atoms with E-state index in [9.17, 15) is 9.59 Å². The van der Waals surface area contributed by atoms with Gasteiger partial charge in [-0.05, 0) is 29.8 Å². The molecule has 0 radical (unpaired) electrons. The van der Waals surface area contributed by atoms with Gasteiger partial charge >= 0.3 is 6.03 Å². The maximum Gasteiger partial charge on any atom is 0.329 e. The van der Waals surface area contributed by atoms with Gasteiger partial charge in [-0.1, -0.05) is 66.7 Å². The summed E-state index contributed by atoms with van der Waals surface area (Å²) in [4.78, 5) is 26.3. The smallest absolute Gasteiger partial charge is 0.329 e. The highest BCUT2D eigenvalue weighted by Gasteiger charge is 2.33. The maximum atomic E-state index is 12.8. The van der Waals surface area contributed by atoms with Gasteiger partial charge in [-0.3, -0.25) is 9.69 Å². The van der Waals surface area contributed by atoms with Gasteiger partial charge in [-0.2, -0.15) is 0 Å². The van der Waals surface area contributed by atoms with Crippen molar-refractivity contribution in [2.24, 2.45) is 0 Å². The van der Waals surface area contributed by atoms with Gasteiger partial charge < -0.3 is 14.8 Å². The molecule has 1 N–H and O–H groups in total. The Labute approximate surface area is 180 Å². The summed E-state index contributed by atoms with van der Waals surface area (Å²) in [6.07, 6.45) is 1.64. The van der Waals surface area contributed by atoms with E-state index >= 15 is 0 Å². The average Bonchev–Trinajstić information content (AvgIpc) is 3.06. The molecule has 6 heteroatoms. The second-order valence-corrected chi connectivity index (χ2v) is 6.91. The van der Waals surface area contributed by atoms with E-state index in [-0.39, 0.29) is 18.1 Å². The van der Waals surface area contributed by atoms with Crippen molar-refractivity contribution in [1.82, 2.24) is 10.2 Å². The summed E-state index contributed by atoms with van der Waals surface area (Å²) in [5.74, 6) is 1.02. The standard InChI is InChI=1S/C25H22N2O4/c28-24-22(26-25(29)27(24)18-19-9-3-1-4-10-19)17-20-11-7-8-14-23(20)31-16-15-30-21-12-5-2-6-13-21/h1-14,17H,15-16,18H2,(H,26,29)/b22-17+. The van der Waals surface area contributed by atoms with Crippen molar-refractivity contribution in [3.8, 4) is 11.5 Å². The number of nitrogens with one attached hydrogen (secondary N) is 1. The lowest BCUT2D eigenvalue weighted by atomic mass is 10.1. The molecule has 0 saturated carbocycles. The number of nitrogens with zero attached hydrogens (tertiary/aromatic N) is 1. The molecule has 1 saturated heterocycles. The number of hydrogen-bond acceptors (Lipinski definition) is 4. The molecule has 0 aliphatic carbocycles. The Balaban J connectivity index is 1.41. The highest BCUT2D eigenvalue weighted by Crippen LogP contribution is 2.23. The van der Waals surface area contributed by atoms with Gasteiger partial charge in [-0.15, -0.1) is 0 Å². The van der Waals surface area contributed by atoms with E-state index in [2.05, 4.69) is 5.32 Å². The van der Waals surface area contributed by atoms with E-state index in [1.54, 1.807) is 6.08 Å². The third kappa shape index (κ3) is 5.11.